The molecule has 0 saturated carbocycles. The first-order valence-corrected chi connectivity index (χ1v) is 10.3. The minimum atomic E-state index is -3.97. The van der Waals surface area contributed by atoms with E-state index in [9.17, 15) is 17.2 Å². The quantitative estimate of drug-likeness (QED) is 0.612. The van der Waals surface area contributed by atoms with E-state index in [1.54, 1.807) is 6.07 Å². The van der Waals surface area contributed by atoms with Gasteiger partial charge in [-0.15, -0.1) is 0 Å². The zero-order valence-electron chi connectivity index (χ0n) is 16.2. The van der Waals surface area contributed by atoms with Gasteiger partial charge in [-0.2, -0.15) is 5.10 Å². The van der Waals surface area contributed by atoms with Crippen molar-refractivity contribution in [3.05, 3.63) is 65.1 Å². The van der Waals surface area contributed by atoms with Crippen molar-refractivity contribution >= 4 is 21.5 Å². The monoisotopic (exact) mass is 421 g/mol. The fourth-order valence-electron chi connectivity index (χ4n) is 2.91. The Morgan fingerprint density at radius 1 is 1.10 bits per heavy atom. The van der Waals surface area contributed by atoms with Crippen molar-refractivity contribution in [2.75, 3.05) is 16.6 Å². The van der Waals surface area contributed by atoms with Gasteiger partial charge < -0.3 is 5.32 Å². The van der Waals surface area contributed by atoms with Gasteiger partial charge in [0, 0.05) is 31.5 Å². The summed E-state index contributed by atoms with van der Waals surface area (Å²) in [6, 6.07) is 5.70. The molecular formula is C19H21F2N5O2S. The average molecular weight is 421 g/mol. The van der Waals surface area contributed by atoms with Gasteiger partial charge >= 0.3 is 0 Å². The van der Waals surface area contributed by atoms with Crippen molar-refractivity contribution in [3.8, 4) is 0 Å². The first kappa shape index (κ1) is 20.7. The third kappa shape index (κ3) is 4.70. The summed E-state index contributed by atoms with van der Waals surface area (Å²) in [7, 11) is -2.07. The summed E-state index contributed by atoms with van der Waals surface area (Å²) in [6.45, 7) is 4.58. The molecule has 2 heterocycles. The number of benzene rings is 1. The van der Waals surface area contributed by atoms with Gasteiger partial charge in [-0.25, -0.2) is 22.2 Å². The Balaban J connectivity index is 1.63. The summed E-state index contributed by atoms with van der Waals surface area (Å²) in [5.41, 5.74) is 3.16. The molecule has 0 fully saturated rings. The Hall–Kier alpha value is -3.01. The third-order valence-corrected chi connectivity index (χ3v) is 5.92. The second-order valence-electron chi connectivity index (χ2n) is 6.56. The van der Waals surface area contributed by atoms with Crippen molar-refractivity contribution in [3.63, 3.8) is 0 Å². The minimum absolute atomic E-state index is 0.0756. The summed E-state index contributed by atoms with van der Waals surface area (Å²) in [4.78, 5) is 4.02. The summed E-state index contributed by atoms with van der Waals surface area (Å²) in [6.07, 6.45) is 1.95. The Bertz CT molecular complexity index is 1130. The van der Waals surface area contributed by atoms with Crippen LogP contribution in [0.2, 0.25) is 0 Å². The lowest BCUT2D eigenvalue weighted by Crippen LogP contribution is -2.14. The van der Waals surface area contributed by atoms with E-state index in [2.05, 4.69) is 20.1 Å². The molecule has 3 aromatic rings. The van der Waals surface area contributed by atoms with E-state index in [4.69, 9.17) is 0 Å². The van der Waals surface area contributed by atoms with Gasteiger partial charge in [0.25, 0.3) is 10.0 Å². The number of anilines is 2. The third-order valence-electron chi connectivity index (χ3n) is 4.56. The van der Waals surface area contributed by atoms with Crippen LogP contribution in [-0.2, 0) is 23.5 Å². The fourth-order valence-corrected chi connectivity index (χ4v) is 3.91. The van der Waals surface area contributed by atoms with Gasteiger partial charge in [-0.05, 0) is 50.1 Å². The molecule has 0 unspecified atom stereocenters. The summed E-state index contributed by atoms with van der Waals surface area (Å²) < 4.78 is 55.1. The molecule has 0 bridgehead atoms. The Morgan fingerprint density at radius 3 is 2.45 bits per heavy atom. The molecule has 2 N–H and O–H groups in total. The van der Waals surface area contributed by atoms with Crippen molar-refractivity contribution < 1.29 is 17.2 Å². The van der Waals surface area contributed by atoms with E-state index < -0.39 is 21.7 Å². The number of nitrogens with zero attached hydrogens (tertiary/aromatic N) is 3. The number of aryl methyl sites for hydroxylation is 2. The minimum Gasteiger partial charge on any atom is -0.370 e. The number of hydrogen-bond acceptors (Lipinski definition) is 5. The normalized spacial score (nSPS) is 11.5. The van der Waals surface area contributed by atoms with E-state index in [-0.39, 0.29) is 10.6 Å². The standard InChI is InChI=1S/C19H21F2N5O2S/c1-12-16(13(2)26(3)24-12)8-9-22-19-7-5-15(11-23-19)29(27,28)25-14-4-6-17(20)18(21)10-14/h4-7,10-11,25H,8-9H2,1-3H3,(H,22,23). The van der Waals surface area contributed by atoms with Crippen LogP contribution < -0.4 is 10.0 Å². The van der Waals surface area contributed by atoms with Gasteiger partial charge in [0.1, 0.15) is 10.7 Å². The molecule has 0 spiro atoms. The second-order valence-corrected chi connectivity index (χ2v) is 8.25. The van der Waals surface area contributed by atoms with Crippen LogP contribution in [0.3, 0.4) is 0 Å². The number of sulfonamides is 1. The highest BCUT2D eigenvalue weighted by Gasteiger charge is 2.16. The zero-order chi connectivity index (χ0) is 21.2. The van der Waals surface area contributed by atoms with Crippen molar-refractivity contribution in [2.45, 2.75) is 25.2 Å². The number of hydrogen-bond donors (Lipinski definition) is 2. The first-order chi connectivity index (χ1) is 13.7. The number of halogens is 2. The van der Waals surface area contributed by atoms with Crippen LogP contribution in [-0.4, -0.2) is 29.7 Å². The van der Waals surface area contributed by atoms with Crippen molar-refractivity contribution in [2.24, 2.45) is 7.05 Å². The number of rotatable bonds is 7. The Labute approximate surface area is 167 Å². The molecule has 29 heavy (non-hydrogen) atoms. The molecule has 0 radical (unpaired) electrons. The topological polar surface area (TPSA) is 88.9 Å². The average Bonchev–Trinajstić information content (AvgIpc) is 2.91. The van der Waals surface area contributed by atoms with Crippen LogP contribution in [0, 0.1) is 25.5 Å². The molecule has 0 aliphatic carbocycles. The van der Waals surface area contributed by atoms with Crippen molar-refractivity contribution in [1.82, 2.24) is 14.8 Å². The van der Waals surface area contributed by atoms with E-state index in [1.165, 1.54) is 12.3 Å². The predicted octanol–water partition coefficient (Wildman–Crippen LogP) is 3.17. The number of aromatic nitrogens is 3. The predicted molar refractivity (Wildman–Crippen MR) is 106 cm³/mol. The van der Waals surface area contributed by atoms with Gasteiger partial charge in [-0.1, -0.05) is 0 Å². The molecule has 1 aromatic carbocycles. The Morgan fingerprint density at radius 2 is 1.86 bits per heavy atom. The first-order valence-electron chi connectivity index (χ1n) is 8.84. The summed E-state index contributed by atoms with van der Waals surface area (Å²) in [5.74, 6) is -1.67. The second kappa shape index (κ2) is 8.16. The van der Waals surface area contributed by atoms with Gasteiger partial charge in [0.05, 0.1) is 11.4 Å². The highest BCUT2D eigenvalue weighted by Crippen LogP contribution is 2.19. The van der Waals surface area contributed by atoms with Crippen molar-refractivity contribution in [1.29, 1.82) is 0 Å². The maximum atomic E-state index is 13.3. The van der Waals surface area contributed by atoms with E-state index in [0.29, 0.717) is 12.4 Å². The Kier molecular flexibility index (Phi) is 5.83. The molecule has 0 aliphatic heterocycles. The molecular weight excluding hydrogens is 400 g/mol. The molecule has 3 rings (SSSR count). The van der Waals surface area contributed by atoms with Crippen LogP contribution in [0.5, 0.6) is 0 Å². The molecule has 7 nitrogen and oxygen atoms in total. The largest absolute Gasteiger partial charge is 0.370 e. The SMILES string of the molecule is Cc1nn(C)c(C)c1CCNc1ccc(S(=O)(=O)Nc2ccc(F)c(F)c2)cn1. The summed E-state index contributed by atoms with van der Waals surface area (Å²) >= 11 is 0. The smallest absolute Gasteiger partial charge is 0.263 e. The van der Waals surface area contributed by atoms with E-state index in [0.717, 1.165) is 41.6 Å². The lowest BCUT2D eigenvalue weighted by molar-refractivity contribution is 0.509. The molecule has 0 saturated heterocycles. The molecule has 2 aromatic heterocycles. The van der Waals surface area contributed by atoms with Gasteiger partial charge in [0.15, 0.2) is 11.6 Å². The highest BCUT2D eigenvalue weighted by molar-refractivity contribution is 7.92. The number of pyridine rings is 1. The number of nitrogens with one attached hydrogen (secondary N) is 2. The zero-order valence-corrected chi connectivity index (χ0v) is 17.0. The van der Waals surface area contributed by atoms with Crippen LogP contribution in [0.4, 0.5) is 20.3 Å². The fraction of sp³-hybridized carbons (Fsp3) is 0.263. The highest BCUT2D eigenvalue weighted by atomic mass is 32.2. The molecule has 0 aliphatic rings. The molecule has 10 heteroatoms. The lowest BCUT2D eigenvalue weighted by atomic mass is 10.1. The summed E-state index contributed by atoms with van der Waals surface area (Å²) in [5, 5.41) is 7.52. The molecule has 0 amide bonds. The van der Waals surface area contributed by atoms with Crippen LogP contribution >= 0.6 is 0 Å². The van der Waals surface area contributed by atoms with Crippen LogP contribution in [0.15, 0.2) is 41.4 Å². The van der Waals surface area contributed by atoms with E-state index in [1.807, 2.05) is 25.6 Å². The molecule has 0 atom stereocenters. The maximum Gasteiger partial charge on any atom is 0.263 e. The van der Waals surface area contributed by atoms with E-state index >= 15 is 0 Å². The maximum absolute atomic E-state index is 13.3. The molecule has 154 valence electrons. The lowest BCUT2D eigenvalue weighted by Gasteiger charge is -2.10. The van der Waals surface area contributed by atoms with Crippen LogP contribution in [0.1, 0.15) is 17.0 Å². The van der Waals surface area contributed by atoms with Gasteiger partial charge in [0.2, 0.25) is 0 Å². The van der Waals surface area contributed by atoms with Gasteiger partial charge in [-0.3, -0.25) is 9.40 Å². The van der Waals surface area contributed by atoms with Crippen LogP contribution in [0.25, 0.3) is 0 Å².